The first-order valence-corrected chi connectivity index (χ1v) is 7.40. The Bertz CT molecular complexity index is 817. The molecule has 3 heterocycles. The van der Waals surface area contributed by atoms with Crippen LogP contribution in [-0.2, 0) is 4.79 Å². The van der Waals surface area contributed by atoms with Crippen molar-refractivity contribution in [1.82, 2.24) is 15.1 Å². The minimum Gasteiger partial charge on any atom is -0.334 e. The van der Waals surface area contributed by atoms with Gasteiger partial charge < -0.3 is 9.42 Å². The van der Waals surface area contributed by atoms with Crippen LogP contribution in [0.3, 0.4) is 0 Å². The molecule has 1 amide bonds. The summed E-state index contributed by atoms with van der Waals surface area (Å²) >= 11 is 0. The van der Waals surface area contributed by atoms with Gasteiger partial charge in [-0.3, -0.25) is 9.78 Å². The molecule has 1 aliphatic heterocycles. The molecule has 0 radical (unpaired) electrons. The van der Waals surface area contributed by atoms with Crippen LogP contribution in [0.15, 0.2) is 59.4 Å². The van der Waals surface area contributed by atoms with Gasteiger partial charge in [0.1, 0.15) is 0 Å². The Morgan fingerprint density at radius 2 is 1.87 bits per heavy atom. The molecule has 1 saturated heterocycles. The average molecular weight is 306 g/mol. The third kappa shape index (κ3) is 2.59. The number of hydrogen-bond acceptors (Lipinski definition) is 5. The fraction of sp³-hybridized carbons (Fsp3) is 0.176. The monoisotopic (exact) mass is 306 g/mol. The third-order valence-corrected chi connectivity index (χ3v) is 3.93. The van der Waals surface area contributed by atoms with Crippen molar-refractivity contribution in [1.29, 1.82) is 0 Å². The number of pyridine rings is 1. The molecule has 1 aliphatic rings. The molecule has 114 valence electrons. The van der Waals surface area contributed by atoms with Gasteiger partial charge in [-0.15, -0.1) is 0 Å². The van der Waals surface area contributed by atoms with Gasteiger partial charge in [-0.25, -0.2) is 0 Å². The molecule has 0 saturated carbocycles. The molecule has 3 aromatic rings. The molecule has 4 rings (SSSR count). The van der Waals surface area contributed by atoms with Gasteiger partial charge in [0, 0.05) is 42.5 Å². The van der Waals surface area contributed by atoms with Crippen LogP contribution in [0.5, 0.6) is 0 Å². The van der Waals surface area contributed by atoms with Crippen LogP contribution in [0.1, 0.15) is 18.2 Å². The molecule has 6 heteroatoms. The van der Waals surface area contributed by atoms with Crippen LogP contribution in [-0.4, -0.2) is 27.6 Å². The third-order valence-electron chi connectivity index (χ3n) is 3.93. The lowest BCUT2D eigenvalue weighted by atomic mass is 10.1. The molecule has 0 N–H and O–H groups in total. The van der Waals surface area contributed by atoms with Crippen LogP contribution >= 0.6 is 0 Å². The first-order chi connectivity index (χ1) is 11.3. The number of carbonyl (C=O) groups is 1. The summed E-state index contributed by atoms with van der Waals surface area (Å²) in [7, 11) is 0. The number of aromatic nitrogens is 3. The maximum atomic E-state index is 12.3. The number of amides is 1. The molecule has 6 nitrogen and oxygen atoms in total. The van der Waals surface area contributed by atoms with Crippen molar-refractivity contribution in [3.63, 3.8) is 0 Å². The van der Waals surface area contributed by atoms with Crippen LogP contribution < -0.4 is 4.90 Å². The second-order valence-corrected chi connectivity index (χ2v) is 5.43. The van der Waals surface area contributed by atoms with Crippen LogP contribution in [0, 0.1) is 0 Å². The van der Waals surface area contributed by atoms with Gasteiger partial charge >= 0.3 is 0 Å². The Balaban J connectivity index is 1.56. The highest BCUT2D eigenvalue weighted by Crippen LogP contribution is 2.31. The predicted octanol–water partition coefficient (Wildman–Crippen LogP) is 2.65. The molecule has 2 aromatic heterocycles. The Labute approximate surface area is 132 Å². The van der Waals surface area contributed by atoms with Crippen LogP contribution in [0.2, 0.25) is 0 Å². The normalized spacial score (nSPS) is 17.7. The SMILES string of the molecule is O=C1CC(c2noc(-c3ccncc3)n2)CN1c1ccccc1. The molecular formula is C17H14N4O2. The van der Waals surface area contributed by atoms with E-state index in [1.165, 1.54) is 0 Å². The van der Waals surface area contributed by atoms with E-state index in [2.05, 4.69) is 15.1 Å². The van der Waals surface area contributed by atoms with E-state index in [1.54, 1.807) is 17.3 Å². The summed E-state index contributed by atoms with van der Waals surface area (Å²) in [5, 5.41) is 4.05. The van der Waals surface area contributed by atoms with E-state index < -0.39 is 0 Å². The molecule has 0 aliphatic carbocycles. The molecule has 1 aromatic carbocycles. The van der Waals surface area contributed by atoms with Gasteiger partial charge in [0.25, 0.3) is 5.89 Å². The average Bonchev–Trinajstić information content (AvgIpc) is 3.23. The van der Waals surface area contributed by atoms with Crippen molar-refractivity contribution in [2.24, 2.45) is 0 Å². The minimum atomic E-state index is -0.0537. The number of rotatable bonds is 3. The smallest absolute Gasteiger partial charge is 0.258 e. The van der Waals surface area contributed by atoms with Gasteiger partial charge in [0.15, 0.2) is 5.82 Å². The number of benzene rings is 1. The quantitative estimate of drug-likeness (QED) is 0.744. The summed E-state index contributed by atoms with van der Waals surface area (Å²) in [6.07, 6.45) is 3.75. The summed E-state index contributed by atoms with van der Waals surface area (Å²) in [5.74, 6) is 1.05. The standard InChI is InChI=1S/C17H14N4O2/c22-15-10-13(11-21(15)14-4-2-1-3-5-14)16-19-17(23-20-16)12-6-8-18-9-7-12/h1-9,13H,10-11H2. The molecule has 1 atom stereocenters. The second-order valence-electron chi connectivity index (χ2n) is 5.43. The summed E-state index contributed by atoms with van der Waals surface area (Å²) in [4.78, 5) is 22.4. The largest absolute Gasteiger partial charge is 0.334 e. The zero-order valence-electron chi connectivity index (χ0n) is 12.3. The topological polar surface area (TPSA) is 72.1 Å². The van der Waals surface area contributed by atoms with Crippen molar-refractivity contribution in [2.75, 3.05) is 11.4 Å². The van der Waals surface area contributed by atoms with Crippen molar-refractivity contribution in [3.8, 4) is 11.5 Å². The Morgan fingerprint density at radius 3 is 2.65 bits per heavy atom. The van der Waals surface area contributed by atoms with E-state index in [9.17, 15) is 4.79 Å². The Hall–Kier alpha value is -3.02. The highest BCUT2D eigenvalue weighted by atomic mass is 16.5. The zero-order chi connectivity index (χ0) is 15.6. The van der Waals surface area contributed by atoms with E-state index >= 15 is 0 Å². The van der Waals surface area contributed by atoms with Crippen LogP contribution in [0.25, 0.3) is 11.5 Å². The number of carbonyl (C=O) groups excluding carboxylic acids is 1. The summed E-state index contributed by atoms with van der Waals surface area (Å²) in [5.41, 5.74) is 1.72. The minimum absolute atomic E-state index is 0.0537. The zero-order valence-corrected chi connectivity index (χ0v) is 12.3. The summed E-state index contributed by atoms with van der Waals surface area (Å²) < 4.78 is 5.32. The predicted molar refractivity (Wildman–Crippen MR) is 83.7 cm³/mol. The number of anilines is 1. The van der Waals surface area contributed by atoms with Crippen molar-refractivity contribution in [2.45, 2.75) is 12.3 Å². The maximum absolute atomic E-state index is 12.3. The lowest BCUT2D eigenvalue weighted by Crippen LogP contribution is -2.24. The molecule has 23 heavy (non-hydrogen) atoms. The van der Waals surface area contributed by atoms with E-state index in [-0.39, 0.29) is 11.8 Å². The molecule has 0 spiro atoms. The molecular weight excluding hydrogens is 292 g/mol. The molecule has 1 unspecified atom stereocenters. The van der Waals surface area contributed by atoms with Gasteiger partial charge in [0.2, 0.25) is 5.91 Å². The van der Waals surface area contributed by atoms with E-state index in [1.807, 2.05) is 42.5 Å². The van der Waals surface area contributed by atoms with Gasteiger partial charge in [-0.2, -0.15) is 4.98 Å². The second kappa shape index (κ2) is 5.64. The molecule has 1 fully saturated rings. The Kier molecular flexibility index (Phi) is 3.34. The summed E-state index contributed by atoms with van der Waals surface area (Å²) in [6, 6.07) is 13.3. The highest BCUT2D eigenvalue weighted by molar-refractivity contribution is 5.96. The maximum Gasteiger partial charge on any atom is 0.258 e. The van der Waals surface area contributed by atoms with Crippen molar-refractivity contribution >= 4 is 11.6 Å². The van der Waals surface area contributed by atoms with Gasteiger partial charge in [-0.1, -0.05) is 23.4 Å². The lowest BCUT2D eigenvalue weighted by molar-refractivity contribution is -0.117. The highest BCUT2D eigenvalue weighted by Gasteiger charge is 2.34. The number of para-hydroxylation sites is 1. The van der Waals surface area contributed by atoms with Crippen LogP contribution in [0.4, 0.5) is 5.69 Å². The van der Waals surface area contributed by atoms with E-state index in [4.69, 9.17) is 4.52 Å². The van der Waals surface area contributed by atoms with Crippen molar-refractivity contribution in [3.05, 3.63) is 60.7 Å². The number of hydrogen-bond donors (Lipinski definition) is 0. The Morgan fingerprint density at radius 1 is 1.09 bits per heavy atom. The van der Waals surface area contributed by atoms with E-state index in [0.717, 1.165) is 11.3 Å². The fourth-order valence-corrected chi connectivity index (χ4v) is 2.75. The van der Waals surface area contributed by atoms with Gasteiger partial charge in [0.05, 0.1) is 0 Å². The number of nitrogens with zero attached hydrogens (tertiary/aromatic N) is 4. The van der Waals surface area contributed by atoms with E-state index in [0.29, 0.717) is 24.7 Å². The van der Waals surface area contributed by atoms with Gasteiger partial charge in [-0.05, 0) is 24.3 Å². The molecule has 0 bridgehead atoms. The lowest BCUT2D eigenvalue weighted by Gasteiger charge is -2.15. The first kappa shape index (κ1) is 13.6. The fourth-order valence-electron chi connectivity index (χ4n) is 2.75. The summed E-state index contributed by atoms with van der Waals surface area (Å²) in [6.45, 7) is 0.568. The van der Waals surface area contributed by atoms with Crippen molar-refractivity contribution < 1.29 is 9.32 Å². The first-order valence-electron chi connectivity index (χ1n) is 7.40.